The van der Waals surface area contributed by atoms with Gasteiger partial charge in [0.05, 0.1) is 19.4 Å². The molecule has 1 aliphatic carbocycles. The fourth-order valence-corrected chi connectivity index (χ4v) is 2.64. The number of benzene rings is 1. The van der Waals surface area contributed by atoms with Gasteiger partial charge in [0, 0.05) is 11.6 Å². The summed E-state index contributed by atoms with van der Waals surface area (Å²) in [5.41, 5.74) is 0.834. The Kier molecular flexibility index (Phi) is 4.61. The third kappa shape index (κ3) is 3.50. The number of nitrogens with one attached hydrogen (secondary N) is 1. The van der Waals surface area contributed by atoms with E-state index in [0.29, 0.717) is 18.6 Å². The van der Waals surface area contributed by atoms with Gasteiger partial charge in [-0.15, -0.1) is 0 Å². The molecule has 5 heteroatoms. The van der Waals surface area contributed by atoms with Gasteiger partial charge >= 0.3 is 5.97 Å². The molecule has 20 heavy (non-hydrogen) atoms. The molecule has 1 fully saturated rings. The highest BCUT2D eigenvalue weighted by molar-refractivity contribution is 5.80. The summed E-state index contributed by atoms with van der Waals surface area (Å²) in [5, 5.41) is 11.8. The van der Waals surface area contributed by atoms with Crippen LogP contribution in [0.3, 0.4) is 0 Å². The largest absolute Gasteiger partial charge is 0.496 e. The molecular formula is C15H19NO4. The van der Waals surface area contributed by atoms with Crippen molar-refractivity contribution in [2.45, 2.75) is 31.7 Å². The number of ether oxygens (including phenoxy) is 1. The van der Waals surface area contributed by atoms with Gasteiger partial charge in [0.15, 0.2) is 0 Å². The number of carbonyl (C=O) groups excluding carboxylic acids is 1. The van der Waals surface area contributed by atoms with Crippen LogP contribution in [0.4, 0.5) is 0 Å². The molecule has 1 aliphatic rings. The molecule has 2 rings (SSSR count). The minimum Gasteiger partial charge on any atom is -0.496 e. The summed E-state index contributed by atoms with van der Waals surface area (Å²) in [6, 6.07) is 7.36. The number of carboxylic acids is 1. The second kappa shape index (κ2) is 6.41. The number of carbonyl (C=O) groups is 2. The normalized spacial score (nSPS) is 21.4. The predicted molar refractivity (Wildman–Crippen MR) is 73.6 cm³/mol. The first kappa shape index (κ1) is 14.4. The Morgan fingerprint density at radius 1 is 1.35 bits per heavy atom. The van der Waals surface area contributed by atoms with Gasteiger partial charge < -0.3 is 15.2 Å². The van der Waals surface area contributed by atoms with Gasteiger partial charge in [-0.3, -0.25) is 9.59 Å². The van der Waals surface area contributed by atoms with E-state index in [1.807, 2.05) is 24.3 Å². The van der Waals surface area contributed by atoms with Gasteiger partial charge in [0.2, 0.25) is 5.91 Å². The van der Waals surface area contributed by atoms with E-state index < -0.39 is 5.97 Å². The van der Waals surface area contributed by atoms with Gasteiger partial charge in [-0.05, 0) is 25.3 Å². The molecular weight excluding hydrogens is 258 g/mol. The second-order valence-corrected chi connectivity index (χ2v) is 5.10. The highest BCUT2D eigenvalue weighted by atomic mass is 16.5. The van der Waals surface area contributed by atoms with E-state index in [1.54, 1.807) is 7.11 Å². The summed E-state index contributed by atoms with van der Waals surface area (Å²) >= 11 is 0. The molecule has 108 valence electrons. The van der Waals surface area contributed by atoms with Crippen molar-refractivity contribution in [1.29, 1.82) is 0 Å². The summed E-state index contributed by atoms with van der Waals surface area (Å²) < 4.78 is 5.21. The number of rotatable bonds is 5. The van der Waals surface area contributed by atoms with E-state index in [0.717, 1.165) is 12.0 Å². The number of aliphatic carboxylic acids is 1. The van der Waals surface area contributed by atoms with Crippen LogP contribution in [-0.4, -0.2) is 30.1 Å². The van der Waals surface area contributed by atoms with Crippen molar-refractivity contribution in [3.8, 4) is 5.75 Å². The fraction of sp³-hybridized carbons (Fsp3) is 0.467. The average Bonchev–Trinajstić information content (AvgIpc) is 2.88. The van der Waals surface area contributed by atoms with Crippen molar-refractivity contribution in [3.63, 3.8) is 0 Å². The Morgan fingerprint density at radius 3 is 2.75 bits per heavy atom. The Hall–Kier alpha value is -2.04. The molecule has 1 aromatic rings. The molecule has 0 heterocycles. The van der Waals surface area contributed by atoms with Crippen LogP contribution < -0.4 is 10.1 Å². The van der Waals surface area contributed by atoms with Crippen LogP contribution in [0.15, 0.2) is 24.3 Å². The summed E-state index contributed by atoms with van der Waals surface area (Å²) in [6.07, 6.45) is 2.13. The maximum absolute atomic E-state index is 12.0. The van der Waals surface area contributed by atoms with Crippen molar-refractivity contribution < 1.29 is 19.4 Å². The van der Waals surface area contributed by atoms with Crippen LogP contribution in [0.25, 0.3) is 0 Å². The first-order valence-electron chi connectivity index (χ1n) is 6.74. The van der Waals surface area contributed by atoms with E-state index in [-0.39, 0.29) is 24.3 Å². The van der Waals surface area contributed by atoms with Gasteiger partial charge in [0.25, 0.3) is 0 Å². The zero-order valence-corrected chi connectivity index (χ0v) is 11.5. The predicted octanol–water partition coefficient (Wildman–Crippen LogP) is 1.61. The molecule has 1 saturated carbocycles. The standard InChI is InChI=1S/C15H19NO4/c1-20-13-5-3-2-4-10(13)9-14(17)16-12-7-6-11(8-12)15(18)19/h2-5,11-12H,6-9H2,1H3,(H,16,17)(H,18,19)/t11-,12+/m0/s1. The Bertz CT molecular complexity index is 500. The van der Waals surface area contributed by atoms with Gasteiger partial charge in [-0.1, -0.05) is 18.2 Å². The topological polar surface area (TPSA) is 75.6 Å². The Morgan fingerprint density at radius 2 is 2.10 bits per heavy atom. The van der Waals surface area contributed by atoms with E-state index in [1.165, 1.54) is 0 Å². The molecule has 2 N–H and O–H groups in total. The molecule has 0 bridgehead atoms. The Labute approximate surface area is 117 Å². The van der Waals surface area contributed by atoms with Gasteiger partial charge in [-0.2, -0.15) is 0 Å². The smallest absolute Gasteiger partial charge is 0.306 e. The maximum atomic E-state index is 12.0. The van der Waals surface area contributed by atoms with Crippen molar-refractivity contribution in [2.75, 3.05) is 7.11 Å². The van der Waals surface area contributed by atoms with E-state index >= 15 is 0 Å². The number of hydrogen-bond acceptors (Lipinski definition) is 3. The summed E-state index contributed by atoms with van der Waals surface area (Å²) in [5.74, 6) is -0.499. The lowest BCUT2D eigenvalue weighted by Crippen LogP contribution is -2.34. The van der Waals surface area contributed by atoms with Crippen LogP contribution in [-0.2, 0) is 16.0 Å². The number of carboxylic acid groups (broad SMARTS) is 1. The van der Waals surface area contributed by atoms with Crippen LogP contribution in [0.5, 0.6) is 5.75 Å². The molecule has 5 nitrogen and oxygen atoms in total. The average molecular weight is 277 g/mol. The van der Waals surface area contributed by atoms with Crippen molar-refractivity contribution in [1.82, 2.24) is 5.32 Å². The second-order valence-electron chi connectivity index (χ2n) is 5.10. The molecule has 1 amide bonds. The zero-order valence-electron chi connectivity index (χ0n) is 11.5. The zero-order chi connectivity index (χ0) is 14.5. The molecule has 0 spiro atoms. The van der Waals surface area contributed by atoms with Crippen LogP contribution in [0, 0.1) is 5.92 Å². The maximum Gasteiger partial charge on any atom is 0.306 e. The fourth-order valence-electron chi connectivity index (χ4n) is 2.64. The molecule has 0 unspecified atom stereocenters. The summed E-state index contributed by atoms with van der Waals surface area (Å²) in [6.45, 7) is 0. The SMILES string of the molecule is COc1ccccc1CC(=O)N[C@@H]1CC[C@H](C(=O)O)C1. The molecule has 0 radical (unpaired) electrons. The molecule has 0 aromatic heterocycles. The van der Waals surface area contributed by atoms with E-state index in [4.69, 9.17) is 9.84 Å². The number of methoxy groups -OCH3 is 1. The monoisotopic (exact) mass is 277 g/mol. The van der Waals surface area contributed by atoms with Crippen LogP contribution in [0.1, 0.15) is 24.8 Å². The summed E-state index contributed by atoms with van der Waals surface area (Å²) in [4.78, 5) is 22.9. The van der Waals surface area contributed by atoms with Gasteiger partial charge in [-0.25, -0.2) is 0 Å². The third-order valence-corrected chi connectivity index (χ3v) is 3.69. The van der Waals surface area contributed by atoms with Crippen LogP contribution >= 0.6 is 0 Å². The quantitative estimate of drug-likeness (QED) is 0.857. The van der Waals surface area contributed by atoms with E-state index in [2.05, 4.69) is 5.32 Å². The lowest BCUT2D eigenvalue weighted by Gasteiger charge is -2.13. The first-order chi connectivity index (χ1) is 9.60. The van der Waals surface area contributed by atoms with Crippen molar-refractivity contribution in [2.24, 2.45) is 5.92 Å². The number of amides is 1. The van der Waals surface area contributed by atoms with Crippen molar-refractivity contribution >= 4 is 11.9 Å². The molecule has 0 saturated heterocycles. The molecule has 1 aromatic carbocycles. The molecule has 2 atom stereocenters. The summed E-state index contributed by atoms with van der Waals surface area (Å²) in [7, 11) is 1.57. The number of para-hydroxylation sites is 1. The van der Waals surface area contributed by atoms with Crippen LogP contribution in [0.2, 0.25) is 0 Å². The number of hydrogen-bond donors (Lipinski definition) is 2. The van der Waals surface area contributed by atoms with Gasteiger partial charge in [0.1, 0.15) is 5.75 Å². The van der Waals surface area contributed by atoms with Crippen molar-refractivity contribution in [3.05, 3.63) is 29.8 Å². The van der Waals surface area contributed by atoms with E-state index in [9.17, 15) is 9.59 Å². The first-order valence-corrected chi connectivity index (χ1v) is 6.74. The lowest BCUT2D eigenvalue weighted by molar-refractivity contribution is -0.141. The minimum atomic E-state index is -0.772. The molecule has 0 aliphatic heterocycles. The minimum absolute atomic E-state index is 0.0293. The Balaban J connectivity index is 1.89. The highest BCUT2D eigenvalue weighted by Crippen LogP contribution is 2.26. The highest BCUT2D eigenvalue weighted by Gasteiger charge is 2.30. The third-order valence-electron chi connectivity index (χ3n) is 3.69. The lowest BCUT2D eigenvalue weighted by atomic mass is 10.1.